The van der Waals surface area contributed by atoms with Crippen LogP contribution in [0.25, 0.3) is 11.3 Å². The van der Waals surface area contributed by atoms with Crippen molar-refractivity contribution in [3.63, 3.8) is 0 Å². The van der Waals surface area contributed by atoms with Crippen LogP contribution in [0.4, 0.5) is 0 Å². The largest absolute Gasteiger partial charge is 0.213 e. The Balaban J connectivity index is 2.26. The van der Waals surface area contributed by atoms with Crippen LogP contribution in [0.3, 0.4) is 0 Å². The number of rotatable bonds is 5. The molecule has 0 radical (unpaired) electrons. The van der Waals surface area contributed by atoms with Crippen molar-refractivity contribution >= 4 is 0 Å². The van der Waals surface area contributed by atoms with Crippen LogP contribution in [-0.4, -0.2) is 0 Å². The van der Waals surface area contributed by atoms with Crippen LogP contribution in [0.5, 0.6) is 0 Å². The molecular weight excluding hydrogens is 290 g/mol. The predicted molar refractivity (Wildman–Crippen MR) is 102 cm³/mol. The second-order valence-electron chi connectivity index (χ2n) is 7.75. The zero-order valence-corrected chi connectivity index (χ0v) is 16.0. The van der Waals surface area contributed by atoms with Gasteiger partial charge >= 0.3 is 0 Å². The maximum atomic E-state index is 2.56. The first-order chi connectivity index (χ1) is 11.5. The maximum Gasteiger partial charge on any atom is 0.213 e. The van der Waals surface area contributed by atoms with E-state index in [9.17, 15) is 0 Å². The van der Waals surface area contributed by atoms with E-state index >= 15 is 0 Å². The van der Waals surface area contributed by atoms with Crippen molar-refractivity contribution < 1.29 is 4.57 Å². The van der Waals surface area contributed by atoms with Gasteiger partial charge < -0.3 is 0 Å². The minimum atomic E-state index is 0.106. The van der Waals surface area contributed by atoms with Gasteiger partial charge in [0.1, 0.15) is 0 Å². The van der Waals surface area contributed by atoms with Crippen LogP contribution >= 0.6 is 0 Å². The average molecular weight is 323 g/mol. The first-order valence-corrected chi connectivity index (χ1v) is 9.66. The molecule has 1 aromatic carbocycles. The monoisotopic (exact) mass is 322 g/mol. The van der Waals surface area contributed by atoms with Crippen LogP contribution in [-0.2, 0) is 17.4 Å². The van der Waals surface area contributed by atoms with Crippen LogP contribution in [0.2, 0.25) is 0 Å². The number of benzene rings is 1. The second kappa shape index (κ2) is 6.35. The minimum absolute atomic E-state index is 0.106. The number of pyridine rings is 1. The standard InChI is InChI=1S/C23H32N/c1-6-9-12-18-15-16-24-21(17-18)19-13-10-11-14-20(19)22(4,7-2)23(24,5)8-3/h10-11,13-17H,6-9,12H2,1-5H3/q+1. The molecule has 2 heterocycles. The van der Waals surface area contributed by atoms with E-state index in [0.717, 1.165) is 12.8 Å². The van der Waals surface area contributed by atoms with Gasteiger partial charge in [-0.15, -0.1) is 0 Å². The van der Waals surface area contributed by atoms with Gasteiger partial charge in [0.2, 0.25) is 5.69 Å². The minimum Gasteiger partial charge on any atom is -0.192 e. The van der Waals surface area contributed by atoms with Crippen LogP contribution in [0.15, 0.2) is 42.6 Å². The molecule has 0 fully saturated rings. The molecule has 0 saturated heterocycles. The first kappa shape index (κ1) is 17.2. The number of hydrogen-bond donors (Lipinski definition) is 0. The van der Waals surface area contributed by atoms with Crippen molar-refractivity contribution in [1.82, 2.24) is 0 Å². The lowest BCUT2D eigenvalue weighted by Crippen LogP contribution is -2.67. The number of fused-ring (bicyclic) bond motifs is 3. The molecule has 0 N–H and O–H groups in total. The third-order valence-electron chi connectivity index (χ3n) is 6.75. The summed E-state index contributed by atoms with van der Waals surface area (Å²) >= 11 is 0. The van der Waals surface area contributed by atoms with Crippen molar-refractivity contribution in [1.29, 1.82) is 0 Å². The Hall–Kier alpha value is -1.63. The van der Waals surface area contributed by atoms with Crippen LogP contribution in [0.1, 0.15) is 71.4 Å². The molecule has 0 saturated carbocycles. The van der Waals surface area contributed by atoms with Gasteiger partial charge in [0.25, 0.3) is 0 Å². The van der Waals surface area contributed by atoms with Crippen molar-refractivity contribution in [2.24, 2.45) is 0 Å². The molecule has 1 aliphatic rings. The smallest absolute Gasteiger partial charge is 0.192 e. The number of aryl methyl sites for hydroxylation is 1. The zero-order valence-electron chi connectivity index (χ0n) is 16.0. The topological polar surface area (TPSA) is 3.88 Å². The summed E-state index contributed by atoms with van der Waals surface area (Å²) in [5.41, 5.74) is 6.07. The molecule has 3 rings (SSSR count). The van der Waals surface area contributed by atoms with E-state index in [4.69, 9.17) is 0 Å². The van der Waals surface area contributed by atoms with E-state index in [0.29, 0.717) is 0 Å². The molecule has 0 spiro atoms. The highest BCUT2D eigenvalue weighted by Crippen LogP contribution is 2.49. The molecule has 2 atom stereocenters. The van der Waals surface area contributed by atoms with Gasteiger partial charge in [-0.25, -0.2) is 0 Å². The van der Waals surface area contributed by atoms with Crippen LogP contribution in [0, 0.1) is 0 Å². The number of unbranched alkanes of at least 4 members (excludes halogenated alkanes) is 1. The van der Waals surface area contributed by atoms with E-state index in [1.54, 1.807) is 0 Å². The molecule has 24 heavy (non-hydrogen) atoms. The molecule has 1 aromatic heterocycles. The molecule has 2 aromatic rings. The van der Waals surface area contributed by atoms with Crippen molar-refractivity contribution in [2.75, 3.05) is 0 Å². The molecule has 1 heteroatoms. The summed E-state index contributed by atoms with van der Waals surface area (Å²) in [6, 6.07) is 13.9. The van der Waals surface area contributed by atoms with Crippen LogP contribution < -0.4 is 4.57 Å². The maximum absolute atomic E-state index is 2.56. The SMILES string of the molecule is CCCCc1cc[n+]2c(c1)-c1ccccc1C(C)(CC)C2(C)CC. The van der Waals surface area contributed by atoms with E-state index in [1.165, 1.54) is 41.6 Å². The Bertz CT molecular complexity index is 733. The fraction of sp³-hybridized carbons (Fsp3) is 0.522. The highest BCUT2D eigenvalue weighted by atomic mass is 15.1. The van der Waals surface area contributed by atoms with Gasteiger partial charge in [-0.1, -0.05) is 45.4 Å². The van der Waals surface area contributed by atoms with Crippen molar-refractivity contribution in [2.45, 2.75) is 77.7 Å². The highest BCUT2D eigenvalue weighted by Gasteiger charge is 2.56. The molecule has 128 valence electrons. The second-order valence-corrected chi connectivity index (χ2v) is 7.75. The van der Waals surface area contributed by atoms with Gasteiger partial charge in [0.15, 0.2) is 11.7 Å². The molecule has 0 aliphatic carbocycles. The van der Waals surface area contributed by atoms with E-state index in [1.807, 2.05) is 0 Å². The lowest BCUT2D eigenvalue weighted by Gasteiger charge is -2.46. The zero-order chi connectivity index (χ0) is 17.4. The first-order valence-electron chi connectivity index (χ1n) is 9.66. The molecule has 0 bridgehead atoms. The fourth-order valence-corrected chi connectivity index (χ4v) is 4.59. The Morgan fingerprint density at radius 2 is 1.71 bits per heavy atom. The third kappa shape index (κ3) is 2.32. The summed E-state index contributed by atoms with van der Waals surface area (Å²) in [6.45, 7) is 11.8. The molecule has 1 nitrogen and oxygen atoms in total. The summed E-state index contributed by atoms with van der Waals surface area (Å²) < 4.78 is 2.56. The Morgan fingerprint density at radius 1 is 0.958 bits per heavy atom. The van der Waals surface area contributed by atoms with E-state index < -0.39 is 0 Å². The van der Waals surface area contributed by atoms with Gasteiger partial charge in [0.05, 0.1) is 11.0 Å². The summed E-state index contributed by atoms with van der Waals surface area (Å²) in [4.78, 5) is 0. The molecule has 1 aliphatic heterocycles. The van der Waals surface area contributed by atoms with E-state index in [2.05, 4.69) is 81.8 Å². The number of hydrogen-bond acceptors (Lipinski definition) is 0. The summed E-state index contributed by atoms with van der Waals surface area (Å²) in [6.07, 6.45) is 8.34. The van der Waals surface area contributed by atoms with Crippen molar-refractivity contribution in [3.05, 3.63) is 53.7 Å². The predicted octanol–water partition coefficient (Wildman–Crippen LogP) is 5.79. The lowest BCUT2D eigenvalue weighted by atomic mass is 9.60. The average Bonchev–Trinajstić information content (AvgIpc) is 2.64. The third-order valence-corrected chi connectivity index (χ3v) is 6.75. The summed E-state index contributed by atoms with van der Waals surface area (Å²) in [7, 11) is 0. The Labute approximate surface area is 147 Å². The Morgan fingerprint density at radius 3 is 2.38 bits per heavy atom. The van der Waals surface area contributed by atoms with Gasteiger partial charge in [-0.05, 0) is 43.4 Å². The Kier molecular flexibility index (Phi) is 4.55. The summed E-state index contributed by atoms with van der Waals surface area (Å²) in [5.74, 6) is 0. The van der Waals surface area contributed by atoms with E-state index in [-0.39, 0.29) is 11.0 Å². The lowest BCUT2D eigenvalue weighted by molar-refractivity contribution is -0.765. The molecule has 0 amide bonds. The highest BCUT2D eigenvalue weighted by molar-refractivity contribution is 5.65. The quantitative estimate of drug-likeness (QED) is 0.613. The van der Waals surface area contributed by atoms with Gasteiger partial charge in [-0.3, -0.25) is 0 Å². The molecule has 2 unspecified atom stereocenters. The van der Waals surface area contributed by atoms with Crippen molar-refractivity contribution in [3.8, 4) is 11.3 Å². The number of nitrogens with zero attached hydrogens (tertiary/aromatic N) is 1. The van der Waals surface area contributed by atoms with Gasteiger partial charge in [-0.2, -0.15) is 4.57 Å². The van der Waals surface area contributed by atoms with Gasteiger partial charge in [0, 0.05) is 25.5 Å². The normalized spacial score (nSPS) is 25.2. The molecular formula is C23H32N+. The number of aromatic nitrogens is 1. The summed E-state index contributed by atoms with van der Waals surface area (Å²) in [5, 5.41) is 0. The fourth-order valence-electron chi connectivity index (χ4n) is 4.59.